The zero-order valence-corrected chi connectivity index (χ0v) is 19.8. The fourth-order valence-corrected chi connectivity index (χ4v) is 4.36. The Bertz CT molecular complexity index is 902. The second kappa shape index (κ2) is 11.4. The number of benzene rings is 2. The molecule has 2 aromatic carbocycles. The summed E-state index contributed by atoms with van der Waals surface area (Å²) in [6.45, 7) is 6.61. The predicted octanol–water partition coefficient (Wildman–Crippen LogP) is 4.06. The summed E-state index contributed by atoms with van der Waals surface area (Å²) in [5.41, 5.74) is 2.41. The molecular formula is C26H36FN3O2. The molecule has 0 saturated carbocycles. The van der Waals surface area contributed by atoms with Crippen LogP contribution in [-0.4, -0.2) is 74.5 Å². The number of hydrogen-bond donors (Lipinski definition) is 0. The Hall–Kier alpha value is -2.44. The summed E-state index contributed by atoms with van der Waals surface area (Å²) in [5, 5.41) is 0. The zero-order chi connectivity index (χ0) is 23.1. The molecule has 0 aliphatic carbocycles. The molecule has 1 saturated heterocycles. The Labute approximate surface area is 191 Å². The molecule has 0 N–H and O–H groups in total. The Morgan fingerprint density at radius 2 is 1.97 bits per heavy atom. The third-order valence-corrected chi connectivity index (χ3v) is 6.19. The fraction of sp³-hybridized carbons (Fsp3) is 0.500. The number of nitrogens with zero attached hydrogens (tertiary/aromatic N) is 3. The monoisotopic (exact) mass is 441 g/mol. The number of likely N-dealkylation sites (tertiary alicyclic amines) is 1. The van der Waals surface area contributed by atoms with Gasteiger partial charge in [-0.2, -0.15) is 0 Å². The molecule has 0 bridgehead atoms. The number of hydrogen-bond acceptors (Lipinski definition) is 4. The number of amides is 1. The van der Waals surface area contributed by atoms with E-state index in [9.17, 15) is 9.18 Å². The van der Waals surface area contributed by atoms with E-state index < -0.39 is 0 Å². The second-order valence-corrected chi connectivity index (χ2v) is 9.07. The summed E-state index contributed by atoms with van der Waals surface area (Å²) >= 11 is 0. The molecular weight excluding hydrogens is 405 g/mol. The van der Waals surface area contributed by atoms with Gasteiger partial charge in [0.05, 0.1) is 7.11 Å². The summed E-state index contributed by atoms with van der Waals surface area (Å²) < 4.78 is 19.5. The quantitative estimate of drug-likeness (QED) is 0.588. The fourth-order valence-electron chi connectivity index (χ4n) is 4.36. The second-order valence-electron chi connectivity index (χ2n) is 9.07. The van der Waals surface area contributed by atoms with E-state index in [-0.39, 0.29) is 11.7 Å². The van der Waals surface area contributed by atoms with Crippen LogP contribution >= 0.6 is 0 Å². The van der Waals surface area contributed by atoms with E-state index in [1.807, 2.05) is 56.3 Å². The Balaban J connectivity index is 1.70. The third kappa shape index (κ3) is 6.53. The first kappa shape index (κ1) is 24.2. The highest BCUT2D eigenvalue weighted by molar-refractivity contribution is 5.94. The SMILES string of the molecule is COc1cc(C(=O)N(CCN(C)C)C[C@@H]2CCCN(Cc3ccccc3F)C2)ccc1C. The molecule has 1 aliphatic heterocycles. The molecule has 1 fully saturated rings. The standard InChI is InChI=1S/C26H36FN3O2/c1-20-11-12-22(16-25(20)32-4)26(31)30(15-14-28(2)3)18-21-8-7-13-29(17-21)19-23-9-5-6-10-24(23)27/h5-6,9-12,16,21H,7-8,13-15,17-19H2,1-4H3/t21-/m1/s1. The van der Waals surface area contributed by atoms with Gasteiger partial charge >= 0.3 is 0 Å². The zero-order valence-electron chi connectivity index (χ0n) is 19.8. The van der Waals surface area contributed by atoms with E-state index in [4.69, 9.17) is 4.74 Å². The number of likely N-dealkylation sites (N-methyl/N-ethyl adjacent to an activating group) is 1. The van der Waals surface area contributed by atoms with E-state index in [1.54, 1.807) is 13.2 Å². The lowest BCUT2D eigenvalue weighted by molar-refractivity contribution is 0.0659. The van der Waals surface area contributed by atoms with Crippen LogP contribution in [0.2, 0.25) is 0 Å². The van der Waals surface area contributed by atoms with Crippen molar-refractivity contribution in [2.75, 3.05) is 53.9 Å². The predicted molar refractivity (Wildman–Crippen MR) is 127 cm³/mol. The van der Waals surface area contributed by atoms with Gasteiger partial charge in [0.15, 0.2) is 0 Å². The maximum absolute atomic E-state index is 14.1. The Morgan fingerprint density at radius 3 is 2.69 bits per heavy atom. The van der Waals surface area contributed by atoms with Gasteiger partial charge in [-0.15, -0.1) is 0 Å². The van der Waals surface area contributed by atoms with Gasteiger partial charge in [0.1, 0.15) is 11.6 Å². The highest BCUT2D eigenvalue weighted by Gasteiger charge is 2.26. The van der Waals surface area contributed by atoms with Gasteiger partial charge in [0, 0.05) is 43.9 Å². The minimum atomic E-state index is -0.147. The number of halogens is 1. The molecule has 0 spiro atoms. The Morgan fingerprint density at radius 1 is 1.19 bits per heavy atom. The lowest BCUT2D eigenvalue weighted by atomic mass is 9.96. The molecule has 0 aromatic heterocycles. The molecule has 0 unspecified atom stereocenters. The summed E-state index contributed by atoms with van der Waals surface area (Å²) in [4.78, 5) is 19.8. The van der Waals surface area contributed by atoms with Crippen LogP contribution in [0.5, 0.6) is 5.75 Å². The van der Waals surface area contributed by atoms with Crippen LogP contribution < -0.4 is 4.74 Å². The van der Waals surface area contributed by atoms with Crippen molar-refractivity contribution < 1.29 is 13.9 Å². The van der Waals surface area contributed by atoms with Crippen LogP contribution in [-0.2, 0) is 6.54 Å². The molecule has 1 amide bonds. The first-order chi connectivity index (χ1) is 15.4. The first-order valence-corrected chi connectivity index (χ1v) is 11.4. The number of methoxy groups -OCH3 is 1. The van der Waals surface area contributed by atoms with Crippen molar-refractivity contribution in [2.45, 2.75) is 26.3 Å². The van der Waals surface area contributed by atoms with E-state index in [0.717, 1.165) is 49.4 Å². The summed E-state index contributed by atoms with van der Waals surface area (Å²) in [7, 11) is 5.68. The number of carbonyl (C=O) groups is 1. The normalized spacial score (nSPS) is 16.9. The van der Waals surface area contributed by atoms with Crippen LogP contribution in [0.4, 0.5) is 4.39 Å². The van der Waals surface area contributed by atoms with E-state index >= 15 is 0 Å². The summed E-state index contributed by atoms with van der Waals surface area (Å²) in [6.07, 6.45) is 2.14. The Kier molecular flexibility index (Phi) is 8.65. The maximum atomic E-state index is 14.1. The summed E-state index contributed by atoms with van der Waals surface area (Å²) in [5.74, 6) is 0.994. The molecule has 0 radical (unpaired) electrons. The van der Waals surface area contributed by atoms with Gasteiger partial charge in [0.25, 0.3) is 5.91 Å². The van der Waals surface area contributed by atoms with Gasteiger partial charge in [-0.3, -0.25) is 9.69 Å². The third-order valence-electron chi connectivity index (χ3n) is 6.19. The van der Waals surface area contributed by atoms with Crippen LogP contribution in [0, 0.1) is 18.7 Å². The van der Waals surface area contributed by atoms with Gasteiger partial charge in [-0.05, 0) is 70.1 Å². The van der Waals surface area contributed by atoms with Crippen molar-refractivity contribution >= 4 is 5.91 Å². The average molecular weight is 442 g/mol. The summed E-state index contributed by atoms with van der Waals surface area (Å²) in [6, 6.07) is 12.7. The smallest absolute Gasteiger partial charge is 0.254 e. The lowest BCUT2D eigenvalue weighted by Gasteiger charge is -2.36. The molecule has 5 nitrogen and oxygen atoms in total. The van der Waals surface area contributed by atoms with E-state index in [2.05, 4.69) is 9.80 Å². The highest BCUT2D eigenvalue weighted by Crippen LogP contribution is 2.23. The number of carbonyl (C=O) groups excluding carboxylic acids is 1. The topological polar surface area (TPSA) is 36.0 Å². The van der Waals surface area contributed by atoms with E-state index in [1.165, 1.54) is 6.07 Å². The average Bonchev–Trinajstić information content (AvgIpc) is 2.78. The molecule has 1 atom stereocenters. The molecule has 174 valence electrons. The molecule has 32 heavy (non-hydrogen) atoms. The van der Waals surface area contributed by atoms with Gasteiger partial charge in [0.2, 0.25) is 0 Å². The number of piperidine rings is 1. The van der Waals surface area contributed by atoms with E-state index in [0.29, 0.717) is 31.1 Å². The van der Waals surface area contributed by atoms with Gasteiger partial charge in [-0.25, -0.2) is 4.39 Å². The van der Waals surface area contributed by atoms with Crippen molar-refractivity contribution in [1.82, 2.24) is 14.7 Å². The van der Waals surface area contributed by atoms with Crippen molar-refractivity contribution in [3.63, 3.8) is 0 Å². The van der Waals surface area contributed by atoms with Crippen molar-refractivity contribution in [3.8, 4) is 5.75 Å². The van der Waals surface area contributed by atoms with Crippen LogP contribution in [0.1, 0.15) is 34.3 Å². The highest BCUT2D eigenvalue weighted by atomic mass is 19.1. The van der Waals surface area contributed by atoms with Crippen LogP contribution in [0.25, 0.3) is 0 Å². The number of rotatable bonds is 9. The molecule has 6 heteroatoms. The van der Waals surface area contributed by atoms with Crippen LogP contribution in [0.15, 0.2) is 42.5 Å². The molecule has 2 aromatic rings. The first-order valence-electron chi connectivity index (χ1n) is 11.4. The number of aryl methyl sites for hydroxylation is 1. The van der Waals surface area contributed by atoms with Gasteiger partial charge in [-0.1, -0.05) is 24.3 Å². The lowest BCUT2D eigenvalue weighted by Crippen LogP contribution is -2.44. The maximum Gasteiger partial charge on any atom is 0.254 e. The largest absolute Gasteiger partial charge is 0.496 e. The minimum absolute atomic E-state index is 0.0383. The molecule has 1 aliphatic rings. The van der Waals surface area contributed by atoms with Gasteiger partial charge < -0.3 is 14.5 Å². The number of ether oxygens (including phenoxy) is 1. The van der Waals surface area contributed by atoms with Crippen molar-refractivity contribution in [3.05, 3.63) is 65.0 Å². The van der Waals surface area contributed by atoms with Crippen LogP contribution in [0.3, 0.4) is 0 Å². The van der Waals surface area contributed by atoms with Crippen molar-refractivity contribution in [1.29, 1.82) is 0 Å². The minimum Gasteiger partial charge on any atom is -0.496 e. The molecule has 1 heterocycles. The molecule has 3 rings (SSSR count). The van der Waals surface area contributed by atoms with Crippen molar-refractivity contribution in [2.24, 2.45) is 5.92 Å².